The normalized spacial score (nSPS) is 13.2. The summed E-state index contributed by atoms with van der Waals surface area (Å²) in [5.41, 5.74) is -0.852. The molecule has 2 aromatic heterocycles. The van der Waals surface area contributed by atoms with Gasteiger partial charge in [0.2, 0.25) is 17.7 Å². The molecule has 5 aromatic rings. The highest BCUT2D eigenvalue weighted by atomic mass is 19.4. The third kappa shape index (κ3) is 14.7. The van der Waals surface area contributed by atoms with Crippen molar-refractivity contribution in [2.75, 3.05) is 20.8 Å². The first-order chi connectivity index (χ1) is 40.0. The van der Waals surface area contributed by atoms with Gasteiger partial charge in [0, 0.05) is 76.9 Å². The van der Waals surface area contributed by atoms with Crippen LogP contribution in [0.25, 0.3) is 44.3 Å². The second kappa shape index (κ2) is 26.9. The molecule has 3 aromatic carbocycles. The van der Waals surface area contributed by atoms with Gasteiger partial charge < -0.3 is 55.1 Å². The lowest BCUT2D eigenvalue weighted by Gasteiger charge is -2.26. The molecule has 0 fully saturated rings. The van der Waals surface area contributed by atoms with Gasteiger partial charge in [-0.25, -0.2) is 9.78 Å². The molecule has 7 rings (SSSR count). The number of benzene rings is 4. The van der Waals surface area contributed by atoms with Crippen molar-refractivity contribution in [3.63, 3.8) is 0 Å². The molecule has 84 heavy (non-hydrogen) atoms. The monoisotopic (exact) mass is 1160 g/mol. The first-order valence-electron chi connectivity index (χ1n) is 25.6. The van der Waals surface area contributed by atoms with Gasteiger partial charge in [0.25, 0.3) is 5.91 Å². The van der Waals surface area contributed by atoms with Crippen LogP contribution in [0.5, 0.6) is 5.75 Å². The number of carbonyl (C=O) groups is 9. The molecule has 0 saturated heterocycles. The van der Waals surface area contributed by atoms with Crippen LogP contribution in [0.1, 0.15) is 69.9 Å². The lowest BCUT2D eigenvalue weighted by atomic mass is 9.89. The number of hydrogen-bond donors (Lipinski definition) is 7. The van der Waals surface area contributed by atoms with Crippen molar-refractivity contribution in [1.82, 2.24) is 35.8 Å². The van der Waals surface area contributed by atoms with E-state index < -0.39 is 127 Å². The van der Waals surface area contributed by atoms with E-state index in [1.807, 2.05) is 0 Å². The van der Waals surface area contributed by atoms with Crippen LogP contribution in [0, 0.1) is 0 Å². The van der Waals surface area contributed by atoms with E-state index in [0.29, 0.717) is 15.7 Å². The molecule has 4 atom stereocenters. The number of phenolic OH excluding ortho intramolecular Hbond substituents is 1. The topological polar surface area (TPSA) is 334 Å². The third-order valence-corrected chi connectivity index (χ3v) is 13.2. The Balaban J connectivity index is 1.26. The highest BCUT2D eigenvalue weighted by molar-refractivity contribution is 6.10. The zero-order chi connectivity index (χ0) is 61.0. The number of aromatic amines is 1. The molecule has 23 nitrogen and oxygen atoms in total. The first-order valence-corrected chi connectivity index (χ1v) is 25.6. The molecule has 2 aliphatic rings. The molecule has 1 aliphatic heterocycles. The number of ether oxygens (including phenoxy) is 3. The number of allylic oxidation sites excluding steroid dienone is 3. The van der Waals surface area contributed by atoms with Gasteiger partial charge in [-0.2, -0.15) is 13.2 Å². The number of methoxy groups -OCH3 is 2. The smallest absolute Gasteiger partial charge is 0.472 e. The number of alkyl halides is 3. The van der Waals surface area contributed by atoms with Gasteiger partial charge in [-0.05, 0) is 86.0 Å². The minimum Gasteiger partial charge on any atom is -0.508 e. The maximum atomic E-state index is 14.9. The first kappa shape index (κ1) is 61.2. The summed E-state index contributed by atoms with van der Waals surface area (Å²) in [6.45, 7) is 2.73. The number of carbonyl (C=O) groups excluding carboxylic acids is 8. The summed E-state index contributed by atoms with van der Waals surface area (Å²) in [7, 11) is 2.10. The quantitative estimate of drug-likeness (QED) is 0.0171. The van der Waals surface area contributed by atoms with Crippen molar-refractivity contribution in [1.29, 1.82) is 0 Å². The Morgan fingerprint density at radius 2 is 1.46 bits per heavy atom. The zero-order valence-electron chi connectivity index (χ0n) is 45.2. The van der Waals surface area contributed by atoms with E-state index >= 15 is 0 Å². The number of imidazole rings is 1. The van der Waals surface area contributed by atoms with E-state index in [1.165, 1.54) is 79.3 Å². The molecule has 1 aliphatic carbocycles. The van der Waals surface area contributed by atoms with E-state index in [1.54, 1.807) is 32.1 Å². The van der Waals surface area contributed by atoms with Crippen molar-refractivity contribution in [3.05, 3.63) is 154 Å². The predicted molar refractivity (Wildman–Crippen MR) is 292 cm³/mol. The zero-order valence-corrected chi connectivity index (χ0v) is 45.2. The molecule has 4 amide bonds. The number of carboxylic acids is 1. The fourth-order valence-electron chi connectivity index (χ4n) is 9.04. The highest BCUT2D eigenvalue weighted by Gasteiger charge is 2.41. The number of fused-ring (bicyclic) bond motifs is 3. The SMILES string of the molecule is C/C=C\C(=C/C)OCC(=O)C(CC(=O)OC)NC(=O)C(Cc1cnc[nH]1)NC(=O)C(CCC(=O)OC)NC(=O)C(Cc1cn(C(=O)C(F)(F)F)c2ccccc12)NC(=O)c1ccc(-c2c3ccc(=O)cc-3oc3cc(O)ccc23)c(C(=O)O)c1. The average molecular weight is 1160 g/mol. The van der Waals surface area contributed by atoms with Crippen LogP contribution >= 0.6 is 0 Å². The molecule has 0 radical (unpaired) electrons. The van der Waals surface area contributed by atoms with E-state index in [-0.39, 0.29) is 67.9 Å². The van der Waals surface area contributed by atoms with Crippen LogP contribution in [0.15, 0.2) is 131 Å². The Morgan fingerprint density at radius 1 is 0.786 bits per heavy atom. The van der Waals surface area contributed by atoms with Crippen LogP contribution in [-0.4, -0.2) is 129 Å². The van der Waals surface area contributed by atoms with Gasteiger partial charge in [-0.1, -0.05) is 30.3 Å². The van der Waals surface area contributed by atoms with Crippen molar-refractivity contribution < 1.29 is 85.2 Å². The number of phenols is 1. The minimum atomic E-state index is -5.38. The van der Waals surface area contributed by atoms with Crippen molar-refractivity contribution >= 4 is 75.1 Å². The summed E-state index contributed by atoms with van der Waals surface area (Å²) in [6, 6.07) is 9.62. The van der Waals surface area contributed by atoms with E-state index in [9.17, 15) is 71.3 Å². The third-order valence-electron chi connectivity index (χ3n) is 13.2. The van der Waals surface area contributed by atoms with Crippen LogP contribution in [0.3, 0.4) is 0 Å². The van der Waals surface area contributed by atoms with Crippen molar-refractivity contribution in [3.8, 4) is 28.2 Å². The fourth-order valence-corrected chi connectivity index (χ4v) is 9.04. The number of H-pyrrole nitrogens is 1. The Labute approximate surface area is 474 Å². The Morgan fingerprint density at radius 3 is 2.13 bits per heavy atom. The predicted octanol–water partition coefficient (Wildman–Crippen LogP) is 5.47. The Bertz CT molecular complexity index is 3770. The number of rotatable bonds is 24. The van der Waals surface area contributed by atoms with Gasteiger partial charge in [-0.3, -0.25) is 47.7 Å². The molecule has 0 bridgehead atoms. The summed E-state index contributed by atoms with van der Waals surface area (Å²) in [6.07, 6.45) is -0.0833. The number of hydrogen-bond acceptors (Lipinski definition) is 16. The number of para-hydroxylation sites is 1. The summed E-state index contributed by atoms with van der Waals surface area (Å²) < 4.78 is 63.3. The number of carboxylic acid groups (broad SMARTS) is 1. The number of aromatic nitrogens is 3. The molecule has 4 unspecified atom stereocenters. The molecule has 7 N–H and O–H groups in total. The molecule has 3 heterocycles. The molecule has 438 valence electrons. The summed E-state index contributed by atoms with van der Waals surface area (Å²) >= 11 is 0. The number of ketones is 1. The number of aromatic carboxylic acids is 1. The van der Waals surface area contributed by atoms with E-state index in [2.05, 4.69) is 31.2 Å². The van der Waals surface area contributed by atoms with E-state index in [0.717, 1.165) is 32.5 Å². The minimum absolute atomic E-state index is 0.00672. The number of amides is 4. The average Bonchev–Trinajstić information content (AvgIpc) is 3.94. The maximum Gasteiger partial charge on any atom is 0.472 e. The van der Waals surface area contributed by atoms with E-state index in [4.69, 9.17) is 18.6 Å². The lowest BCUT2D eigenvalue weighted by molar-refractivity contribution is -0.144. The Hall–Kier alpha value is -10.4. The summed E-state index contributed by atoms with van der Waals surface area (Å²) in [5.74, 6) is -10.9. The molecule has 26 heteroatoms. The fraction of sp³-hybridized carbons (Fsp3) is 0.259. The van der Waals surface area contributed by atoms with Crippen molar-refractivity contribution in [2.45, 2.75) is 76.3 Å². The molecular formula is C58H54F3N7O16. The number of nitrogens with zero attached hydrogens (tertiary/aromatic N) is 2. The Kier molecular flexibility index (Phi) is 19.6. The standard InChI is InChI=1S/C58H54F3N7O16/c1-5-9-35(6-2)83-28-46(71)42(25-50(73)82-4)65-55(77)44(22-32-26-62-29-63-32)67-53(75)41(18-19-49(72)81-3)64-54(76)43(21-31-27-68(57(80)58(59,60)61)45-11-8-7-10-36(31)45)66-52(74)30-12-15-37(40(20-30)56(78)79)51-38-16-13-33(69)23-47(38)84-48-24-34(70)14-17-39(48)51/h5-17,20,23-24,26-27,29,41-44,69H,18-19,21-22,25,28H2,1-4H3,(H,62,63)(H,64,76)(H,65,77)(H,66,74)(H,67,75)(H,78,79)/b9-5-,35-6+. The molecule has 0 spiro atoms. The van der Waals surface area contributed by atoms with Gasteiger partial charge >= 0.3 is 30.0 Å². The summed E-state index contributed by atoms with van der Waals surface area (Å²) in [4.78, 5) is 142. The van der Waals surface area contributed by atoms with Gasteiger partial charge in [0.1, 0.15) is 53.6 Å². The highest BCUT2D eigenvalue weighted by Crippen LogP contribution is 2.42. The number of halogens is 3. The van der Waals surface area contributed by atoms with Gasteiger partial charge in [-0.15, -0.1) is 0 Å². The van der Waals surface area contributed by atoms with Gasteiger partial charge in [0.15, 0.2) is 11.2 Å². The van der Waals surface area contributed by atoms with Gasteiger partial charge in [0.05, 0.1) is 38.0 Å². The van der Waals surface area contributed by atoms with Crippen LogP contribution < -0.4 is 26.7 Å². The maximum absolute atomic E-state index is 14.9. The van der Waals surface area contributed by atoms with Crippen LogP contribution in [-0.2, 0) is 55.8 Å². The van der Waals surface area contributed by atoms with Crippen molar-refractivity contribution in [2.24, 2.45) is 0 Å². The number of esters is 2. The second-order valence-corrected chi connectivity index (χ2v) is 18.8. The largest absolute Gasteiger partial charge is 0.508 e. The lowest BCUT2D eigenvalue weighted by Crippen LogP contribution is -2.58. The molecular weight excluding hydrogens is 1110 g/mol. The number of aromatic hydroxyl groups is 1. The second-order valence-electron chi connectivity index (χ2n) is 18.8. The number of nitrogens with one attached hydrogen (secondary N) is 5. The number of Topliss-reactive ketones (excluding diaryl/α,β-unsaturated/α-hetero) is 1. The van der Waals surface area contributed by atoms with Crippen LogP contribution in [0.4, 0.5) is 13.2 Å². The molecule has 0 saturated carbocycles. The van der Waals surface area contributed by atoms with Crippen LogP contribution in [0.2, 0.25) is 0 Å². The summed E-state index contributed by atoms with van der Waals surface area (Å²) in [5, 5.41) is 31.2.